The largest absolute Gasteiger partial charge is 0.0762 e. The molecule has 1 aromatic rings. The van der Waals surface area contributed by atoms with E-state index in [1.165, 1.54) is 22.3 Å². The summed E-state index contributed by atoms with van der Waals surface area (Å²) in [5.41, 5.74) is 5.64. The third-order valence-corrected chi connectivity index (χ3v) is 2.26. The first-order chi connectivity index (χ1) is 6.25. The van der Waals surface area contributed by atoms with Crippen LogP contribution in [0.25, 0.3) is 6.08 Å². The first kappa shape index (κ1) is 8.31. The van der Waals surface area contributed by atoms with E-state index in [1.807, 2.05) is 0 Å². The molecule has 0 radical (unpaired) electrons. The highest BCUT2D eigenvalue weighted by Crippen LogP contribution is 2.25. The topological polar surface area (TPSA) is 0 Å². The van der Waals surface area contributed by atoms with Crippen molar-refractivity contribution in [3.8, 4) is 0 Å². The summed E-state index contributed by atoms with van der Waals surface area (Å²) >= 11 is 0. The van der Waals surface area contributed by atoms with Crippen molar-refractivity contribution >= 4 is 6.08 Å². The summed E-state index contributed by atoms with van der Waals surface area (Å²) < 4.78 is 0. The van der Waals surface area contributed by atoms with Crippen molar-refractivity contribution in [3.05, 3.63) is 52.6 Å². The van der Waals surface area contributed by atoms with E-state index < -0.39 is 0 Å². The molecule has 0 heteroatoms. The van der Waals surface area contributed by atoms with Gasteiger partial charge in [-0.15, -0.1) is 0 Å². The number of allylic oxidation sites excluding steroid dienone is 3. The normalized spacial score (nSPS) is 13.5. The van der Waals surface area contributed by atoms with Crippen molar-refractivity contribution in [2.45, 2.75) is 20.3 Å². The highest BCUT2D eigenvalue weighted by Gasteiger charge is 2.08. The molecule has 13 heavy (non-hydrogen) atoms. The molecule has 66 valence electrons. The molecule has 1 aliphatic rings. The molecule has 0 N–H and O–H groups in total. The van der Waals surface area contributed by atoms with Crippen LogP contribution in [-0.4, -0.2) is 0 Å². The Balaban J connectivity index is 2.31. The Hall–Kier alpha value is -1.30. The highest BCUT2D eigenvalue weighted by molar-refractivity contribution is 5.66. The Morgan fingerprint density at radius 3 is 2.69 bits per heavy atom. The van der Waals surface area contributed by atoms with Gasteiger partial charge in [0.25, 0.3) is 0 Å². The summed E-state index contributed by atoms with van der Waals surface area (Å²) in [5.74, 6) is 0. The van der Waals surface area contributed by atoms with E-state index >= 15 is 0 Å². The summed E-state index contributed by atoms with van der Waals surface area (Å²) in [5, 5.41) is 0. The van der Waals surface area contributed by atoms with Crippen LogP contribution in [0.1, 0.15) is 25.0 Å². The molecule has 0 nitrogen and oxygen atoms in total. The predicted octanol–water partition coefficient (Wildman–Crippen LogP) is 3.59. The van der Waals surface area contributed by atoms with Crippen LogP contribution in [0.4, 0.5) is 0 Å². The zero-order valence-electron chi connectivity index (χ0n) is 8.17. The molecule has 2 rings (SSSR count). The maximum Gasteiger partial charge on any atom is -0.00196 e. The Morgan fingerprint density at radius 1 is 1.23 bits per heavy atom. The lowest BCUT2D eigenvalue weighted by Gasteiger charge is -1.95. The molecule has 1 aromatic carbocycles. The van der Waals surface area contributed by atoms with Gasteiger partial charge in [0.15, 0.2) is 0 Å². The average Bonchev–Trinajstić information content (AvgIpc) is 2.44. The lowest BCUT2D eigenvalue weighted by molar-refractivity contribution is 1.22. The number of rotatable bonds is 1. The van der Waals surface area contributed by atoms with E-state index in [0.717, 1.165) is 6.42 Å². The molecular formula is C13H14. The third-order valence-electron chi connectivity index (χ3n) is 2.26. The average molecular weight is 170 g/mol. The second-order valence-electron chi connectivity index (χ2n) is 3.82. The van der Waals surface area contributed by atoms with Crippen LogP contribution in [0.3, 0.4) is 0 Å². The smallest absolute Gasteiger partial charge is 0.00196 e. The quantitative estimate of drug-likeness (QED) is 0.604. The Kier molecular flexibility index (Phi) is 2.05. The van der Waals surface area contributed by atoms with Gasteiger partial charge in [-0.1, -0.05) is 42.0 Å². The molecule has 0 fully saturated rings. The SMILES string of the molecule is CC(C)=CC1=Cc2ccccc2C1. The van der Waals surface area contributed by atoms with Crippen LogP contribution in [0.15, 0.2) is 41.5 Å². The van der Waals surface area contributed by atoms with E-state index in [4.69, 9.17) is 0 Å². The molecule has 0 atom stereocenters. The first-order valence-corrected chi connectivity index (χ1v) is 4.69. The van der Waals surface area contributed by atoms with E-state index in [1.54, 1.807) is 0 Å². The monoisotopic (exact) mass is 170 g/mol. The summed E-state index contributed by atoms with van der Waals surface area (Å²) in [6, 6.07) is 8.59. The zero-order chi connectivity index (χ0) is 9.26. The van der Waals surface area contributed by atoms with Crippen molar-refractivity contribution in [3.63, 3.8) is 0 Å². The van der Waals surface area contributed by atoms with Gasteiger partial charge in [-0.2, -0.15) is 0 Å². The number of fused-ring (bicyclic) bond motifs is 1. The zero-order valence-corrected chi connectivity index (χ0v) is 8.17. The Bertz CT molecular complexity index is 377. The van der Waals surface area contributed by atoms with Gasteiger partial charge in [-0.05, 0) is 37.0 Å². The summed E-state index contributed by atoms with van der Waals surface area (Å²) in [6.45, 7) is 4.29. The third kappa shape index (κ3) is 1.72. The molecule has 0 saturated carbocycles. The van der Waals surface area contributed by atoms with E-state index in [-0.39, 0.29) is 0 Å². The fraction of sp³-hybridized carbons (Fsp3) is 0.231. The van der Waals surface area contributed by atoms with Crippen LogP contribution >= 0.6 is 0 Å². The molecule has 0 saturated heterocycles. The Labute approximate surface area is 79.6 Å². The standard InChI is InChI=1S/C13H14/c1-10(2)7-11-8-12-5-3-4-6-13(12)9-11/h3-8H,9H2,1-2H3. The molecule has 0 bridgehead atoms. The van der Waals surface area contributed by atoms with Crippen molar-refractivity contribution < 1.29 is 0 Å². The lowest BCUT2D eigenvalue weighted by atomic mass is 10.1. The molecule has 1 aliphatic carbocycles. The maximum atomic E-state index is 2.28. The predicted molar refractivity (Wildman–Crippen MR) is 57.6 cm³/mol. The van der Waals surface area contributed by atoms with Gasteiger partial charge in [0, 0.05) is 0 Å². The van der Waals surface area contributed by atoms with Gasteiger partial charge < -0.3 is 0 Å². The first-order valence-electron chi connectivity index (χ1n) is 4.69. The second-order valence-corrected chi connectivity index (χ2v) is 3.82. The number of benzene rings is 1. The van der Waals surface area contributed by atoms with Crippen LogP contribution in [0.5, 0.6) is 0 Å². The van der Waals surface area contributed by atoms with Crippen LogP contribution < -0.4 is 0 Å². The van der Waals surface area contributed by atoms with Gasteiger partial charge in [0.2, 0.25) is 0 Å². The molecule has 0 aliphatic heterocycles. The fourth-order valence-electron chi connectivity index (χ4n) is 1.77. The molecule has 0 amide bonds. The molecular weight excluding hydrogens is 156 g/mol. The summed E-state index contributed by atoms with van der Waals surface area (Å²) in [7, 11) is 0. The fourth-order valence-corrected chi connectivity index (χ4v) is 1.77. The lowest BCUT2D eigenvalue weighted by Crippen LogP contribution is -1.81. The van der Waals surface area contributed by atoms with E-state index in [9.17, 15) is 0 Å². The minimum absolute atomic E-state index is 1.10. The van der Waals surface area contributed by atoms with Crippen molar-refractivity contribution in [2.24, 2.45) is 0 Å². The van der Waals surface area contributed by atoms with Crippen LogP contribution in [0, 0.1) is 0 Å². The van der Waals surface area contributed by atoms with Gasteiger partial charge in [-0.3, -0.25) is 0 Å². The minimum atomic E-state index is 1.10. The van der Waals surface area contributed by atoms with E-state index in [0.29, 0.717) is 0 Å². The van der Waals surface area contributed by atoms with Crippen LogP contribution in [-0.2, 0) is 6.42 Å². The second kappa shape index (κ2) is 3.21. The Morgan fingerprint density at radius 2 is 2.00 bits per heavy atom. The van der Waals surface area contributed by atoms with Gasteiger partial charge >= 0.3 is 0 Å². The maximum absolute atomic E-state index is 2.28. The van der Waals surface area contributed by atoms with Gasteiger partial charge in [-0.25, -0.2) is 0 Å². The summed E-state index contributed by atoms with van der Waals surface area (Å²) in [6.07, 6.45) is 5.64. The number of hydrogen-bond acceptors (Lipinski definition) is 0. The molecule has 0 unspecified atom stereocenters. The van der Waals surface area contributed by atoms with E-state index in [2.05, 4.69) is 50.3 Å². The van der Waals surface area contributed by atoms with Crippen molar-refractivity contribution in [1.29, 1.82) is 0 Å². The van der Waals surface area contributed by atoms with Crippen molar-refractivity contribution in [1.82, 2.24) is 0 Å². The summed E-state index contributed by atoms with van der Waals surface area (Å²) in [4.78, 5) is 0. The van der Waals surface area contributed by atoms with Gasteiger partial charge in [0.05, 0.1) is 0 Å². The minimum Gasteiger partial charge on any atom is -0.0762 e. The number of hydrogen-bond donors (Lipinski definition) is 0. The molecule has 0 heterocycles. The van der Waals surface area contributed by atoms with Crippen molar-refractivity contribution in [2.75, 3.05) is 0 Å². The highest BCUT2D eigenvalue weighted by atomic mass is 14.1. The van der Waals surface area contributed by atoms with Crippen LogP contribution in [0.2, 0.25) is 0 Å². The molecule has 0 spiro atoms. The molecule has 0 aromatic heterocycles. The van der Waals surface area contributed by atoms with Gasteiger partial charge in [0.1, 0.15) is 0 Å².